The van der Waals surface area contributed by atoms with E-state index < -0.39 is 51.4 Å². The molecule has 0 spiro atoms. The molecule has 2 rings (SSSR count). The van der Waals surface area contributed by atoms with Gasteiger partial charge in [0, 0.05) is 12.1 Å². The highest BCUT2D eigenvalue weighted by Gasteiger charge is 2.22. The molecule has 2 aromatic rings. The van der Waals surface area contributed by atoms with Crippen LogP contribution in [0.4, 0.5) is 0 Å². The normalized spacial score (nSPS) is 10.4. The van der Waals surface area contributed by atoms with Gasteiger partial charge in [0.05, 0.1) is 11.1 Å². The average Bonchev–Trinajstić information content (AvgIpc) is 2.37. The second-order valence-corrected chi connectivity index (χ2v) is 4.05. The number of benzene rings is 2. The summed E-state index contributed by atoms with van der Waals surface area (Å²) >= 11 is 0. The zero-order chi connectivity index (χ0) is 15.0. The summed E-state index contributed by atoms with van der Waals surface area (Å²) in [6, 6.07) is 3.27. The Morgan fingerprint density at radius 2 is 1.25 bits per heavy atom. The molecule has 0 heterocycles. The van der Waals surface area contributed by atoms with Gasteiger partial charge in [0.2, 0.25) is 5.78 Å². The highest BCUT2D eigenvalue weighted by atomic mass is 16.3. The Balaban J connectivity index is 2.60. The van der Waals surface area contributed by atoms with Crippen LogP contribution in [0.5, 0.6) is 34.5 Å². The van der Waals surface area contributed by atoms with E-state index in [1.165, 1.54) is 0 Å². The number of phenols is 6. The molecule has 0 aliphatic heterocycles. The van der Waals surface area contributed by atoms with Crippen LogP contribution < -0.4 is 0 Å². The van der Waals surface area contributed by atoms with Crippen molar-refractivity contribution in [3.63, 3.8) is 0 Å². The first kappa shape index (κ1) is 13.3. The van der Waals surface area contributed by atoms with Gasteiger partial charge in [0.15, 0.2) is 23.0 Å². The first-order valence-electron chi connectivity index (χ1n) is 5.36. The summed E-state index contributed by atoms with van der Waals surface area (Å²) in [5, 5.41) is 56.3. The predicted molar refractivity (Wildman–Crippen MR) is 66.3 cm³/mol. The molecule has 104 valence electrons. The van der Waals surface area contributed by atoms with E-state index in [-0.39, 0.29) is 0 Å². The number of ketones is 1. The topological polar surface area (TPSA) is 138 Å². The van der Waals surface area contributed by atoms with Crippen LogP contribution in [0.2, 0.25) is 0 Å². The van der Waals surface area contributed by atoms with Crippen molar-refractivity contribution in [3.8, 4) is 34.5 Å². The van der Waals surface area contributed by atoms with Crippen LogP contribution in [-0.2, 0) is 0 Å². The quantitative estimate of drug-likeness (QED) is 0.275. The molecule has 0 radical (unpaired) electrons. The maximum absolute atomic E-state index is 12.1. The smallest absolute Gasteiger partial charge is 0.200 e. The molecule has 0 aromatic heterocycles. The Morgan fingerprint density at radius 1 is 0.650 bits per heavy atom. The minimum Gasteiger partial charge on any atom is -0.508 e. The third-order valence-electron chi connectivity index (χ3n) is 2.66. The summed E-state index contributed by atoms with van der Waals surface area (Å²) in [4.78, 5) is 12.1. The van der Waals surface area contributed by atoms with E-state index >= 15 is 0 Å². The SMILES string of the molecule is O=C(c1cc(O)c(O)cc1O)c1cc(O)cc(O)c1O. The van der Waals surface area contributed by atoms with Crippen molar-refractivity contribution in [2.75, 3.05) is 0 Å². The van der Waals surface area contributed by atoms with Gasteiger partial charge in [-0.2, -0.15) is 0 Å². The number of carbonyl (C=O) groups excluding carboxylic acids is 1. The fourth-order valence-corrected chi connectivity index (χ4v) is 1.67. The number of hydrogen-bond acceptors (Lipinski definition) is 7. The van der Waals surface area contributed by atoms with Crippen molar-refractivity contribution in [2.24, 2.45) is 0 Å². The van der Waals surface area contributed by atoms with E-state index in [1.54, 1.807) is 0 Å². The number of rotatable bonds is 2. The molecule has 0 aliphatic rings. The van der Waals surface area contributed by atoms with Gasteiger partial charge in [-0.3, -0.25) is 4.79 Å². The summed E-state index contributed by atoms with van der Waals surface area (Å²) in [5.74, 6) is -4.81. The fraction of sp³-hybridized carbons (Fsp3) is 0. The van der Waals surface area contributed by atoms with Crippen LogP contribution in [0, 0.1) is 0 Å². The minimum absolute atomic E-state index is 0.416. The first-order chi connectivity index (χ1) is 9.31. The maximum Gasteiger partial charge on any atom is 0.200 e. The highest BCUT2D eigenvalue weighted by molar-refractivity contribution is 6.13. The third kappa shape index (κ3) is 2.12. The Hall–Kier alpha value is -3.09. The van der Waals surface area contributed by atoms with Crippen LogP contribution in [-0.4, -0.2) is 36.4 Å². The standard InChI is InChI=1S/C13H10O7/c14-5-1-7(13(20)11(18)2-5)12(19)6-3-9(16)10(17)4-8(6)15/h1-4,14-18,20H. The van der Waals surface area contributed by atoms with E-state index in [0.29, 0.717) is 0 Å². The minimum atomic E-state index is -0.957. The molecule has 0 unspecified atom stereocenters. The zero-order valence-electron chi connectivity index (χ0n) is 9.90. The molecule has 7 heteroatoms. The monoisotopic (exact) mass is 278 g/mol. The summed E-state index contributed by atoms with van der Waals surface area (Å²) in [6.45, 7) is 0. The van der Waals surface area contributed by atoms with Gasteiger partial charge >= 0.3 is 0 Å². The molecule has 6 N–H and O–H groups in total. The second kappa shape index (κ2) is 4.54. The van der Waals surface area contributed by atoms with Crippen molar-refractivity contribution in [1.82, 2.24) is 0 Å². The van der Waals surface area contributed by atoms with Crippen molar-refractivity contribution >= 4 is 5.78 Å². The summed E-state index contributed by atoms with van der Waals surface area (Å²) < 4.78 is 0. The summed E-state index contributed by atoms with van der Waals surface area (Å²) in [6.07, 6.45) is 0. The summed E-state index contributed by atoms with van der Waals surface area (Å²) in [5.41, 5.74) is -0.886. The van der Waals surface area contributed by atoms with Crippen LogP contribution >= 0.6 is 0 Å². The number of carbonyl (C=O) groups is 1. The molecule has 0 fully saturated rings. The van der Waals surface area contributed by atoms with E-state index in [0.717, 1.165) is 24.3 Å². The number of phenolic OH excluding ortho intramolecular Hbond substituents is 6. The van der Waals surface area contributed by atoms with E-state index in [9.17, 15) is 30.3 Å². The van der Waals surface area contributed by atoms with Crippen LogP contribution in [0.15, 0.2) is 24.3 Å². The van der Waals surface area contributed by atoms with Crippen molar-refractivity contribution in [2.45, 2.75) is 0 Å². The molecule has 0 bridgehead atoms. The molecule has 0 aliphatic carbocycles. The fourth-order valence-electron chi connectivity index (χ4n) is 1.67. The molecular formula is C13H10O7. The Kier molecular flexibility index (Phi) is 3.03. The van der Waals surface area contributed by atoms with Crippen LogP contribution in [0.1, 0.15) is 15.9 Å². The van der Waals surface area contributed by atoms with Crippen molar-refractivity contribution in [3.05, 3.63) is 35.4 Å². The van der Waals surface area contributed by atoms with Gasteiger partial charge in [0.25, 0.3) is 0 Å². The largest absolute Gasteiger partial charge is 0.508 e. The molecular weight excluding hydrogens is 268 g/mol. The van der Waals surface area contributed by atoms with Gasteiger partial charge < -0.3 is 30.6 Å². The highest BCUT2D eigenvalue weighted by Crippen LogP contribution is 2.38. The van der Waals surface area contributed by atoms with Gasteiger partial charge in [-0.05, 0) is 12.1 Å². The molecule has 0 atom stereocenters. The van der Waals surface area contributed by atoms with E-state index in [2.05, 4.69) is 0 Å². The third-order valence-corrected chi connectivity index (χ3v) is 2.66. The van der Waals surface area contributed by atoms with Crippen molar-refractivity contribution in [1.29, 1.82) is 0 Å². The van der Waals surface area contributed by atoms with E-state index in [1.807, 2.05) is 0 Å². The van der Waals surface area contributed by atoms with Gasteiger partial charge in [-0.15, -0.1) is 0 Å². The zero-order valence-corrected chi connectivity index (χ0v) is 9.90. The lowest BCUT2D eigenvalue weighted by Crippen LogP contribution is -2.02. The lowest BCUT2D eigenvalue weighted by molar-refractivity contribution is 0.103. The van der Waals surface area contributed by atoms with Crippen LogP contribution in [0.25, 0.3) is 0 Å². The lowest BCUT2D eigenvalue weighted by Gasteiger charge is -2.09. The Labute approximate surface area is 112 Å². The lowest BCUT2D eigenvalue weighted by atomic mass is 10.0. The van der Waals surface area contributed by atoms with Crippen LogP contribution in [0.3, 0.4) is 0 Å². The number of hydrogen-bond donors (Lipinski definition) is 6. The maximum atomic E-state index is 12.1. The Bertz CT molecular complexity index is 706. The molecule has 0 saturated heterocycles. The van der Waals surface area contributed by atoms with Crippen molar-refractivity contribution < 1.29 is 35.4 Å². The van der Waals surface area contributed by atoms with Gasteiger partial charge in [-0.1, -0.05) is 0 Å². The predicted octanol–water partition coefficient (Wildman–Crippen LogP) is 1.15. The average molecular weight is 278 g/mol. The molecule has 20 heavy (non-hydrogen) atoms. The number of aromatic hydroxyl groups is 6. The van der Waals surface area contributed by atoms with E-state index in [4.69, 9.17) is 5.11 Å². The molecule has 0 saturated carbocycles. The first-order valence-corrected chi connectivity index (χ1v) is 5.36. The second-order valence-electron chi connectivity index (χ2n) is 4.05. The molecule has 0 amide bonds. The van der Waals surface area contributed by atoms with Gasteiger partial charge in [0.1, 0.15) is 11.5 Å². The Morgan fingerprint density at radius 3 is 1.90 bits per heavy atom. The molecule has 2 aromatic carbocycles. The summed E-state index contributed by atoms with van der Waals surface area (Å²) in [7, 11) is 0. The van der Waals surface area contributed by atoms with Gasteiger partial charge in [-0.25, -0.2) is 0 Å². The molecule has 7 nitrogen and oxygen atoms in total.